The molecule has 0 aromatic carbocycles. The van der Waals surface area contributed by atoms with Crippen LogP contribution in [0, 0.1) is 5.92 Å². The highest BCUT2D eigenvalue weighted by Gasteiger charge is 2.42. The number of piperidine rings is 1. The van der Waals surface area contributed by atoms with Crippen LogP contribution < -0.4 is 4.90 Å². The zero-order valence-corrected chi connectivity index (χ0v) is 9.67. The summed E-state index contributed by atoms with van der Waals surface area (Å²) in [6.07, 6.45) is -0.697. The molecule has 7 heteroatoms. The van der Waals surface area contributed by atoms with Gasteiger partial charge in [0.1, 0.15) is 0 Å². The van der Waals surface area contributed by atoms with E-state index in [4.69, 9.17) is 11.6 Å². The van der Waals surface area contributed by atoms with Gasteiger partial charge in [0.15, 0.2) is 0 Å². The van der Waals surface area contributed by atoms with E-state index in [2.05, 4.69) is 9.97 Å². The largest absolute Gasteiger partial charge is 0.393 e. The standard InChI is InChI=1S/C10H11ClF3N3/c11-8-4-15-9(16-5-8)17-3-1-2-7(6-17)10(12,13)14/h4-5,7H,1-3,6H2. The SMILES string of the molecule is FC(F)(F)C1CCCN(c2ncc(Cl)cn2)C1. The second-order valence-corrected chi connectivity index (χ2v) is 4.46. The summed E-state index contributed by atoms with van der Waals surface area (Å²) >= 11 is 5.63. The summed E-state index contributed by atoms with van der Waals surface area (Å²) in [6, 6.07) is 0. The molecule has 0 radical (unpaired) electrons. The molecule has 0 N–H and O–H groups in total. The smallest absolute Gasteiger partial charge is 0.340 e. The maximum absolute atomic E-state index is 12.6. The number of halogens is 4. The van der Waals surface area contributed by atoms with Crippen LogP contribution in [-0.4, -0.2) is 29.2 Å². The molecule has 1 atom stereocenters. The van der Waals surface area contributed by atoms with Gasteiger partial charge in [-0.15, -0.1) is 0 Å². The summed E-state index contributed by atoms with van der Waals surface area (Å²) in [6.45, 7) is 0.472. The molecule has 2 heterocycles. The van der Waals surface area contributed by atoms with Gasteiger partial charge < -0.3 is 4.90 Å². The third-order valence-corrected chi connectivity index (χ3v) is 2.97. The van der Waals surface area contributed by atoms with E-state index in [9.17, 15) is 13.2 Å². The Morgan fingerprint density at radius 1 is 1.29 bits per heavy atom. The first-order valence-electron chi connectivity index (χ1n) is 5.26. The van der Waals surface area contributed by atoms with Gasteiger partial charge in [-0.05, 0) is 12.8 Å². The van der Waals surface area contributed by atoms with E-state index < -0.39 is 12.1 Å². The van der Waals surface area contributed by atoms with Gasteiger partial charge in [-0.1, -0.05) is 11.6 Å². The quantitative estimate of drug-likeness (QED) is 0.782. The van der Waals surface area contributed by atoms with Crippen LogP contribution in [-0.2, 0) is 0 Å². The van der Waals surface area contributed by atoms with E-state index in [1.54, 1.807) is 4.90 Å². The van der Waals surface area contributed by atoms with Gasteiger partial charge in [-0.2, -0.15) is 13.2 Å². The Hall–Kier alpha value is -1.04. The van der Waals surface area contributed by atoms with Gasteiger partial charge in [0.2, 0.25) is 5.95 Å². The summed E-state index contributed by atoms with van der Waals surface area (Å²) in [7, 11) is 0. The first-order valence-corrected chi connectivity index (χ1v) is 5.64. The molecule has 0 bridgehead atoms. The second kappa shape index (κ2) is 4.68. The van der Waals surface area contributed by atoms with E-state index in [1.807, 2.05) is 0 Å². The summed E-state index contributed by atoms with van der Waals surface area (Å²) in [4.78, 5) is 9.42. The Labute approximate surface area is 102 Å². The zero-order chi connectivity index (χ0) is 12.5. The monoisotopic (exact) mass is 265 g/mol. The molecule has 17 heavy (non-hydrogen) atoms. The highest BCUT2D eigenvalue weighted by Crippen LogP contribution is 2.33. The first kappa shape index (κ1) is 12.4. The Bertz CT molecular complexity index is 379. The molecule has 1 unspecified atom stereocenters. The van der Waals surface area contributed by atoms with Crippen molar-refractivity contribution in [2.45, 2.75) is 19.0 Å². The van der Waals surface area contributed by atoms with Gasteiger partial charge >= 0.3 is 6.18 Å². The summed E-state index contributed by atoms with van der Waals surface area (Å²) in [5, 5.41) is 0.373. The molecule has 1 fully saturated rings. The van der Waals surface area contributed by atoms with Crippen molar-refractivity contribution in [2.24, 2.45) is 5.92 Å². The highest BCUT2D eigenvalue weighted by molar-refractivity contribution is 6.30. The van der Waals surface area contributed by atoms with Gasteiger partial charge in [-0.3, -0.25) is 0 Å². The van der Waals surface area contributed by atoms with Crippen LogP contribution in [0.3, 0.4) is 0 Å². The second-order valence-electron chi connectivity index (χ2n) is 4.03. The number of alkyl halides is 3. The van der Waals surface area contributed by atoms with E-state index in [1.165, 1.54) is 12.4 Å². The molecular formula is C10H11ClF3N3. The van der Waals surface area contributed by atoms with E-state index in [0.29, 0.717) is 23.9 Å². The van der Waals surface area contributed by atoms with Crippen molar-refractivity contribution >= 4 is 17.5 Å². The van der Waals surface area contributed by atoms with E-state index >= 15 is 0 Å². The number of aromatic nitrogens is 2. The molecule has 3 nitrogen and oxygen atoms in total. The molecule has 0 aliphatic carbocycles. The zero-order valence-electron chi connectivity index (χ0n) is 8.91. The molecule has 1 aromatic rings. The van der Waals surface area contributed by atoms with Crippen molar-refractivity contribution in [3.05, 3.63) is 17.4 Å². The molecule has 0 amide bonds. The van der Waals surface area contributed by atoms with Crippen LogP contribution in [0.25, 0.3) is 0 Å². The maximum atomic E-state index is 12.6. The predicted octanol–water partition coefficient (Wildman–Crippen LogP) is 2.91. The van der Waals surface area contributed by atoms with Gasteiger partial charge in [0, 0.05) is 13.1 Å². The molecule has 0 saturated carbocycles. The van der Waals surface area contributed by atoms with Crippen LogP contribution in [0.2, 0.25) is 5.02 Å². The van der Waals surface area contributed by atoms with Crippen LogP contribution >= 0.6 is 11.6 Å². The number of nitrogens with zero attached hydrogens (tertiary/aromatic N) is 3. The topological polar surface area (TPSA) is 29.0 Å². The predicted molar refractivity (Wildman–Crippen MR) is 58.0 cm³/mol. The lowest BCUT2D eigenvalue weighted by atomic mass is 9.98. The summed E-state index contributed by atoms with van der Waals surface area (Å²) < 4.78 is 37.8. The number of anilines is 1. The van der Waals surface area contributed by atoms with E-state index in [-0.39, 0.29) is 13.0 Å². The Balaban J connectivity index is 2.09. The number of hydrogen-bond donors (Lipinski definition) is 0. The molecule has 1 aromatic heterocycles. The van der Waals surface area contributed by atoms with Crippen molar-refractivity contribution in [1.29, 1.82) is 0 Å². The number of hydrogen-bond acceptors (Lipinski definition) is 3. The third-order valence-electron chi connectivity index (χ3n) is 2.77. The van der Waals surface area contributed by atoms with Gasteiger partial charge in [0.05, 0.1) is 23.3 Å². The minimum absolute atomic E-state index is 0.0782. The van der Waals surface area contributed by atoms with Crippen LogP contribution in [0.5, 0.6) is 0 Å². The molecule has 2 rings (SSSR count). The van der Waals surface area contributed by atoms with Crippen LogP contribution in [0.4, 0.5) is 19.1 Å². The molecule has 1 aliphatic rings. The average Bonchev–Trinajstić information content (AvgIpc) is 2.29. The minimum Gasteiger partial charge on any atom is -0.340 e. The lowest BCUT2D eigenvalue weighted by molar-refractivity contribution is -0.176. The fourth-order valence-electron chi connectivity index (χ4n) is 1.89. The summed E-state index contributed by atoms with van der Waals surface area (Å²) in [5.74, 6) is -0.987. The van der Waals surface area contributed by atoms with Gasteiger partial charge in [-0.25, -0.2) is 9.97 Å². The fraction of sp³-hybridized carbons (Fsp3) is 0.600. The fourth-order valence-corrected chi connectivity index (χ4v) is 1.99. The Morgan fingerprint density at radius 3 is 2.53 bits per heavy atom. The van der Waals surface area contributed by atoms with Crippen molar-refractivity contribution < 1.29 is 13.2 Å². The molecule has 1 saturated heterocycles. The van der Waals surface area contributed by atoms with Crippen LogP contribution in [0.15, 0.2) is 12.4 Å². The van der Waals surface area contributed by atoms with Crippen molar-refractivity contribution in [3.63, 3.8) is 0 Å². The van der Waals surface area contributed by atoms with E-state index in [0.717, 1.165) is 0 Å². The maximum Gasteiger partial charge on any atom is 0.393 e. The Morgan fingerprint density at radius 2 is 1.94 bits per heavy atom. The lowest BCUT2D eigenvalue weighted by Crippen LogP contribution is -2.42. The normalized spacial score (nSPS) is 21.6. The average molecular weight is 266 g/mol. The lowest BCUT2D eigenvalue weighted by Gasteiger charge is -2.33. The molecule has 0 spiro atoms. The molecular weight excluding hydrogens is 255 g/mol. The van der Waals surface area contributed by atoms with Crippen LogP contribution in [0.1, 0.15) is 12.8 Å². The van der Waals surface area contributed by atoms with Crippen molar-refractivity contribution in [2.75, 3.05) is 18.0 Å². The Kier molecular flexibility index (Phi) is 3.42. The summed E-state index contributed by atoms with van der Waals surface area (Å²) in [5.41, 5.74) is 0. The molecule has 94 valence electrons. The number of rotatable bonds is 1. The van der Waals surface area contributed by atoms with Gasteiger partial charge in [0.25, 0.3) is 0 Å². The van der Waals surface area contributed by atoms with Crippen molar-refractivity contribution in [1.82, 2.24) is 9.97 Å². The highest BCUT2D eigenvalue weighted by atomic mass is 35.5. The van der Waals surface area contributed by atoms with Crippen molar-refractivity contribution in [3.8, 4) is 0 Å². The minimum atomic E-state index is -4.15. The third kappa shape index (κ3) is 3.00. The first-order chi connectivity index (χ1) is 7.97. The molecule has 1 aliphatic heterocycles.